The fourth-order valence-electron chi connectivity index (χ4n) is 11.9. The third kappa shape index (κ3) is 7.52. The summed E-state index contributed by atoms with van der Waals surface area (Å²) in [4.78, 5) is 24.6. The van der Waals surface area contributed by atoms with Crippen molar-refractivity contribution in [1.82, 2.24) is 0 Å². The lowest BCUT2D eigenvalue weighted by molar-refractivity contribution is -0.517. The van der Waals surface area contributed by atoms with Crippen LogP contribution in [0, 0.1) is 47.3 Å². The first kappa shape index (κ1) is 40.1. The van der Waals surface area contributed by atoms with Crippen molar-refractivity contribution < 1.29 is 38.5 Å². The van der Waals surface area contributed by atoms with E-state index in [0.29, 0.717) is 42.8 Å². The van der Waals surface area contributed by atoms with Crippen molar-refractivity contribution in [2.45, 2.75) is 103 Å². The van der Waals surface area contributed by atoms with Crippen molar-refractivity contribution in [3.8, 4) is 23.0 Å². The molecule has 6 atom stereocenters. The van der Waals surface area contributed by atoms with E-state index in [1.165, 1.54) is 32.1 Å². The standard InChI is InChI=1S/C52H60O8/c1-31(2)19-42-21-32(3)20-33(4)51(42)53-29-49(57-59-51)34(5)38-7-13-45(14-8-38)55-47-17-11-40-12-18-48(28-41(40)27-47)56-46-15-9-39(10-16-46)35(6)50-30-54-52(60-58-50)43-23-36-22-37(25-43)26-44(52)24-36/h7-18,27-28,31-33,36-37,42-44,49-50H,5-6,19-26,29-30H2,1-4H3. The van der Waals surface area contributed by atoms with Gasteiger partial charge in [0, 0.05) is 23.7 Å². The number of benzene rings is 4. The molecule has 5 saturated carbocycles. The van der Waals surface area contributed by atoms with Crippen LogP contribution >= 0.6 is 0 Å². The number of ether oxygens (including phenoxy) is 4. The van der Waals surface area contributed by atoms with Crippen LogP contribution in [0.1, 0.15) is 90.2 Å². The summed E-state index contributed by atoms with van der Waals surface area (Å²) in [7, 11) is 0. The number of hydrogen-bond donors (Lipinski definition) is 0. The molecule has 60 heavy (non-hydrogen) atoms. The highest BCUT2D eigenvalue weighted by Gasteiger charge is 2.62. The van der Waals surface area contributed by atoms with E-state index >= 15 is 0 Å². The van der Waals surface area contributed by atoms with E-state index in [1.807, 2.05) is 72.8 Å². The van der Waals surface area contributed by atoms with Crippen LogP contribution in [-0.4, -0.2) is 37.0 Å². The van der Waals surface area contributed by atoms with Gasteiger partial charge in [0.15, 0.2) is 0 Å². The van der Waals surface area contributed by atoms with Crippen LogP contribution in [0.3, 0.4) is 0 Å². The Labute approximate surface area is 355 Å². The van der Waals surface area contributed by atoms with Crippen LogP contribution in [0.4, 0.5) is 0 Å². The van der Waals surface area contributed by atoms with Gasteiger partial charge in [-0.1, -0.05) is 77.3 Å². The first-order valence-corrected chi connectivity index (χ1v) is 22.5. The molecule has 8 heteroatoms. The maximum atomic E-state index is 6.62. The lowest BCUT2D eigenvalue weighted by Crippen LogP contribution is -2.63. The molecule has 0 amide bonds. The van der Waals surface area contributed by atoms with Gasteiger partial charge in [-0.25, -0.2) is 9.78 Å². The number of fused-ring (bicyclic) bond motifs is 1. The highest BCUT2D eigenvalue weighted by atomic mass is 17.2. The predicted molar refractivity (Wildman–Crippen MR) is 232 cm³/mol. The van der Waals surface area contributed by atoms with Crippen molar-refractivity contribution in [1.29, 1.82) is 0 Å². The Kier molecular flexibility index (Phi) is 10.7. The minimum absolute atomic E-state index is 0.252. The average molecular weight is 813 g/mol. The fourth-order valence-corrected chi connectivity index (χ4v) is 11.9. The van der Waals surface area contributed by atoms with E-state index in [2.05, 4.69) is 53.0 Å². The molecule has 4 aromatic carbocycles. The van der Waals surface area contributed by atoms with Crippen LogP contribution in [0.25, 0.3) is 21.9 Å². The summed E-state index contributed by atoms with van der Waals surface area (Å²) in [6.07, 6.45) is 8.65. The van der Waals surface area contributed by atoms with Crippen molar-refractivity contribution in [2.24, 2.45) is 47.3 Å². The molecule has 8 nitrogen and oxygen atoms in total. The monoisotopic (exact) mass is 812 g/mol. The zero-order valence-corrected chi connectivity index (χ0v) is 35.6. The van der Waals surface area contributed by atoms with Gasteiger partial charge in [-0.3, -0.25) is 0 Å². The number of hydrogen-bond acceptors (Lipinski definition) is 8. The van der Waals surface area contributed by atoms with Crippen molar-refractivity contribution in [2.75, 3.05) is 13.2 Å². The third-order valence-corrected chi connectivity index (χ3v) is 14.7. The molecule has 7 fully saturated rings. The summed E-state index contributed by atoms with van der Waals surface area (Å²) in [5.41, 5.74) is 3.58. The van der Waals surface area contributed by atoms with E-state index in [-0.39, 0.29) is 18.1 Å². The second-order valence-electron chi connectivity index (χ2n) is 19.5. The third-order valence-electron chi connectivity index (χ3n) is 14.7. The SMILES string of the molecule is C=C(c1ccc(Oc2ccc3ccc(Oc4ccc(C(=C)C5COC6(OO5)C5CC7CC(C5)CC6C7)cc4)cc3c2)cc1)C1COC2(OO1)C(C)CC(C)CC2CC(C)C. The van der Waals surface area contributed by atoms with Crippen molar-refractivity contribution in [3.63, 3.8) is 0 Å². The van der Waals surface area contributed by atoms with Gasteiger partial charge in [0.1, 0.15) is 35.2 Å². The Morgan fingerprint density at radius 3 is 1.55 bits per heavy atom. The van der Waals surface area contributed by atoms with Gasteiger partial charge in [-0.05, 0) is 157 Å². The predicted octanol–water partition coefficient (Wildman–Crippen LogP) is 12.7. The number of rotatable bonds is 10. The Hall–Kier alpha value is -4.02. The molecule has 2 spiro atoms. The maximum Gasteiger partial charge on any atom is 0.207 e. The Balaban J connectivity index is 0.735. The van der Waals surface area contributed by atoms with E-state index in [9.17, 15) is 0 Å². The normalized spacial score (nSPS) is 34.6. The molecule has 11 rings (SSSR count). The second-order valence-corrected chi connectivity index (χ2v) is 19.5. The molecule has 5 aliphatic carbocycles. The summed E-state index contributed by atoms with van der Waals surface area (Å²) in [6.45, 7) is 18.7. The smallest absolute Gasteiger partial charge is 0.207 e. The molecule has 316 valence electrons. The molecule has 2 saturated heterocycles. The molecule has 4 aromatic rings. The van der Waals surface area contributed by atoms with E-state index < -0.39 is 11.6 Å². The summed E-state index contributed by atoms with van der Waals surface area (Å²) >= 11 is 0. The first-order valence-electron chi connectivity index (χ1n) is 22.5. The molecule has 0 aromatic heterocycles. The fraction of sp³-hybridized carbons (Fsp3) is 0.500. The molecule has 0 radical (unpaired) electrons. The zero-order chi connectivity index (χ0) is 41.2. The topological polar surface area (TPSA) is 73.8 Å². The molecule has 2 aliphatic heterocycles. The minimum Gasteiger partial charge on any atom is -0.457 e. The van der Waals surface area contributed by atoms with Crippen LogP contribution < -0.4 is 9.47 Å². The summed E-state index contributed by atoms with van der Waals surface area (Å²) in [5, 5.41) is 2.10. The lowest BCUT2D eigenvalue weighted by atomic mass is 9.53. The zero-order valence-electron chi connectivity index (χ0n) is 35.6. The van der Waals surface area contributed by atoms with Gasteiger partial charge in [0.2, 0.25) is 11.6 Å². The quantitative estimate of drug-likeness (QED) is 0.147. The summed E-state index contributed by atoms with van der Waals surface area (Å²) in [5.74, 6) is 5.97. The second kappa shape index (κ2) is 16.0. The average Bonchev–Trinajstić information content (AvgIpc) is 3.24. The van der Waals surface area contributed by atoms with Gasteiger partial charge in [-0.2, -0.15) is 9.78 Å². The van der Waals surface area contributed by atoms with E-state index in [1.54, 1.807) is 0 Å². The van der Waals surface area contributed by atoms with E-state index in [4.69, 9.17) is 38.5 Å². The van der Waals surface area contributed by atoms with Crippen molar-refractivity contribution in [3.05, 3.63) is 109 Å². The Morgan fingerprint density at radius 2 is 1.08 bits per heavy atom. The molecular weight excluding hydrogens is 753 g/mol. The summed E-state index contributed by atoms with van der Waals surface area (Å²) < 4.78 is 25.8. The van der Waals surface area contributed by atoms with E-state index in [0.717, 1.165) is 87.1 Å². The molecule has 7 aliphatic rings. The summed E-state index contributed by atoms with van der Waals surface area (Å²) in [6, 6.07) is 28.0. The highest BCUT2D eigenvalue weighted by Crippen LogP contribution is 2.61. The lowest BCUT2D eigenvalue weighted by Gasteiger charge is -2.60. The highest BCUT2D eigenvalue weighted by molar-refractivity contribution is 5.85. The first-order chi connectivity index (χ1) is 29.0. The molecule has 4 bridgehead atoms. The molecule has 6 unspecified atom stereocenters. The maximum absolute atomic E-state index is 6.62. The van der Waals surface area contributed by atoms with Gasteiger partial charge in [0.25, 0.3) is 0 Å². The molecule has 2 heterocycles. The van der Waals surface area contributed by atoms with Gasteiger partial charge < -0.3 is 18.9 Å². The Bertz CT molecular complexity index is 2160. The Morgan fingerprint density at radius 1 is 0.600 bits per heavy atom. The van der Waals surface area contributed by atoms with Crippen LogP contribution in [-0.2, 0) is 29.0 Å². The van der Waals surface area contributed by atoms with Gasteiger partial charge in [0.05, 0.1) is 13.2 Å². The van der Waals surface area contributed by atoms with Crippen LogP contribution in [0.15, 0.2) is 98.1 Å². The van der Waals surface area contributed by atoms with Crippen molar-refractivity contribution >= 4 is 21.9 Å². The van der Waals surface area contributed by atoms with Gasteiger partial charge in [-0.15, -0.1) is 0 Å². The van der Waals surface area contributed by atoms with Crippen LogP contribution in [0.5, 0.6) is 23.0 Å². The minimum atomic E-state index is -0.700. The molecule has 0 N–H and O–H groups in total. The van der Waals surface area contributed by atoms with Crippen LogP contribution in [0.2, 0.25) is 0 Å². The van der Waals surface area contributed by atoms with Gasteiger partial charge >= 0.3 is 0 Å². The molecular formula is C52H60O8. The largest absolute Gasteiger partial charge is 0.457 e.